The van der Waals surface area contributed by atoms with Crippen molar-refractivity contribution in [2.24, 2.45) is 0 Å². The van der Waals surface area contributed by atoms with Gasteiger partial charge in [-0.2, -0.15) is 0 Å². The molecule has 2 amide bonds. The van der Waals surface area contributed by atoms with E-state index >= 15 is 0 Å². The molecule has 7 heteroatoms. The Morgan fingerprint density at radius 1 is 1.00 bits per heavy atom. The van der Waals surface area contributed by atoms with Crippen LogP contribution in [0.25, 0.3) is 0 Å². The normalized spacial score (nSPS) is 13.4. The topological polar surface area (TPSA) is 85.9 Å². The molecule has 0 saturated heterocycles. The summed E-state index contributed by atoms with van der Waals surface area (Å²) in [5, 5.41) is 5.54. The number of hydrogen-bond acceptors (Lipinski definition) is 5. The predicted octanol–water partition coefficient (Wildman–Crippen LogP) is 5.20. The Bertz CT molecular complexity index is 1220. The molecule has 1 aliphatic rings. The predicted molar refractivity (Wildman–Crippen MR) is 131 cm³/mol. The van der Waals surface area contributed by atoms with Crippen molar-refractivity contribution in [1.29, 1.82) is 0 Å². The molecule has 4 rings (SSSR count). The SMILES string of the molecule is COc1ccc(NC(C)=O)cc1NC(=O)c1ccc(COc2cccc3c2OC(C)(C)C3)cc1. The van der Waals surface area contributed by atoms with E-state index in [1.807, 2.05) is 24.3 Å². The van der Waals surface area contributed by atoms with Crippen molar-refractivity contribution in [1.82, 2.24) is 0 Å². The second kappa shape index (κ2) is 9.47. The van der Waals surface area contributed by atoms with Gasteiger partial charge in [0.25, 0.3) is 5.91 Å². The van der Waals surface area contributed by atoms with E-state index in [9.17, 15) is 9.59 Å². The van der Waals surface area contributed by atoms with Crippen LogP contribution < -0.4 is 24.8 Å². The van der Waals surface area contributed by atoms with E-state index in [2.05, 4.69) is 30.5 Å². The highest BCUT2D eigenvalue weighted by molar-refractivity contribution is 6.05. The Morgan fingerprint density at radius 3 is 2.47 bits per heavy atom. The van der Waals surface area contributed by atoms with Gasteiger partial charge >= 0.3 is 0 Å². The number of carbonyl (C=O) groups is 2. The number of anilines is 2. The van der Waals surface area contributed by atoms with Crippen molar-refractivity contribution in [3.63, 3.8) is 0 Å². The van der Waals surface area contributed by atoms with Crippen molar-refractivity contribution >= 4 is 23.2 Å². The van der Waals surface area contributed by atoms with Crippen molar-refractivity contribution < 1.29 is 23.8 Å². The standard InChI is InChI=1S/C27H28N2O5/c1-17(30)28-21-12-13-23(32-4)22(14-21)29-26(31)19-10-8-18(9-11-19)16-33-24-7-5-6-20-15-27(2,3)34-25(20)24/h5-14H,15-16H2,1-4H3,(H,28,30)(H,29,31). The van der Waals surface area contributed by atoms with Crippen LogP contribution in [0, 0.1) is 0 Å². The number of benzene rings is 3. The van der Waals surface area contributed by atoms with Gasteiger partial charge in [-0.15, -0.1) is 0 Å². The zero-order chi connectivity index (χ0) is 24.3. The van der Waals surface area contributed by atoms with Gasteiger partial charge in [0.15, 0.2) is 11.5 Å². The van der Waals surface area contributed by atoms with Gasteiger partial charge in [-0.25, -0.2) is 0 Å². The molecule has 0 aromatic heterocycles. The second-order valence-electron chi connectivity index (χ2n) is 8.82. The molecule has 0 radical (unpaired) electrons. The zero-order valence-corrected chi connectivity index (χ0v) is 19.7. The maximum absolute atomic E-state index is 12.8. The van der Waals surface area contributed by atoms with E-state index < -0.39 is 0 Å². The minimum absolute atomic E-state index is 0.198. The van der Waals surface area contributed by atoms with Gasteiger partial charge in [0.1, 0.15) is 18.0 Å². The lowest BCUT2D eigenvalue weighted by Gasteiger charge is -2.18. The number of rotatable bonds is 7. The number of para-hydroxylation sites is 1. The number of fused-ring (bicyclic) bond motifs is 1. The van der Waals surface area contributed by atoms with Crippen LogP contribution in [0.1, 0.15) is 42.3 Å². The number of amides is 2. The third-order valence-corrected chi connectivity index (χ3v) is 5.43. The van der Waals surface area contributed by atoms with Crippen LogP contribution in [-0.4, -0.2) is 24.5 Å². The van der Waals surface area contributed by atoms with Crippen molar-refractivity contribution in [2.45, 2.75) is 39.4 Å². The first-order chi connectivity index (χ1) is 16.2. The molecular weight excluding hydrogens is 432 g/mol. The lowest BCUT2D eigenvalue weighted by atomic mass is 10.0. The highest BCUT2D eigenvalue weighted by Gasteiger charge is 2.32. The average Bonchev–Trinajstić information content (AvgIpc) is 3.12. The molecule has 0 bridgehead atoms. The lowest BCUT2D eigenvalue weighted by molar-refractivity contribution is -0.114. The molecule has 3 aromatic carbocycles. The quantitative estimate of drug-likeness (QED) is 0.506. The number of nitrogens with one attached hydrogen (secondary N) is 2. The Balaban J connectivity index is 1.41. The Morgan fingerprint density at radius 2 is 1.76 bits per heavy atom. The number of methoxy groups -OCH3 is 1. The molecule has 0 aliphatic carbocycles. The summed E-state index contributed by atoms with van der Waals surface area (Å²) in [5.41, 5.74) is 3.36. The van der Waals surface area contributed by atoms with Gasteiger partial charge in [0.05, 0.1) is 12.8 Å². The first kappa shape index (κ1) is 23.2. The molecule has 0 fully saturated rings. The summed E-state index contributed by atoms with van der Waals surface area (Å²) in [6, 6.07) is 18.2. The van der Waals surface area contributed by atoms with Gasteiger partial charge in [0, 0.05) is 30.2 Å². The van der Waals surface area contributed by atoms with Gasteiger partial charge in [-0.3, -0.25) is 9.59 Å². The maximum Gasteiger partial charge on any atom is 0.255 e. The molecule has 0 spiro atoms. The van der Waals surface area contributed by atoms with Crippen LogP contribution in [0.3, 0.4) is 0 Å². The summed E-state index contributed by atoms with van der Waals surface area (Å²) in [7, 11) is 1.52. The van der Waals surface area contributed by atoms with E-state index in [0.717, 1.165) is 29.0 Å². The highest BCUT2D eigenvalue weighted by Crippen LogP contribution is 2.42. The second-order valence-corrected chi connectivity index (χ2v) is 8.82. The minimum atomic E-state index is -0.290. The van der Waals surface area contributed by atoms with E-state index in [1.165, 1.54) is 14.0 Å². The smallest absolute Gasteiger partial charge is 0.255 e. The van der Waals surface area contributed by atoms with E-state index in [1.54, 1.807) is 30.3 Å². The van der Waals surface area contributed by atoms with Gasteiger partial charge in [-0.05, 0) is 55.8 Å². The van der Waals surface area contributed by atoms with Gasteiger partial charge < -0.3 is 24.8 Å². The molecule has 3 aromatic rings. The third kappa shape index (κ3) is 5.31. The molecule has 2 N–H and O–H groups in total. The van der Waals surface area contributed by atoms with Crippen LogP contribution in [0.15, 0.2) is 60.7 Å². The summed E-state index contributed by atoms with van der Waals surface area (Å²) in [4.78, 5) is 24.1. The fourth-order valence-electron chi connectivity index (χ4n) is 3.90. The van der Waals surface area contributed by atoms with E-state index in [4.69, 9.17) is 14.2 Å². The molecular formula is C27H28N2O5. The van der Waals surface area contributed by atoms with E-state index in [-0.39, 0.29) is 17.4 Å². The Hall–Kier alpha value is -4.00. The summed E-state index contributed by atoms with van der Waals surface area (Å²) < 4.78 is 17.4. The van der Waals surface area contributed by atoms with Gasteiger partial charge in [-0.1, -0.05) is 24.3 Å². The van der Waals surface area contributed by atoms with Gasteiger partial charge in [0.2, 0.25) is 5.91 Å². The largest absolute Gasteiger partial charge is 0.495 e. The summed E-state index contributed by atoms with van der Waals surface area (Å²) >= 11 is 0. The van der Waals surface area contributed by atoms with Crippen LogP contribution in [0.5, 0.6) is 17.2 Å². The number of carbonyl (C=O) groups excluding carboxylic acids is 2. The molecule has 0 atom stereocenters. The number of ether oxygens (including phenoxy) is 3. The first-order valence-electron chi connectivity index (χ1n) is 11.0. The molecule has 1 heterocycles. The molecule has 7 nitrogen and oxygen atoms in total. The summed E-state index contributed by atoms with van der Waals surface area (Å²) in [6.45, 7) is 5.90. The van der Waals surface area contributed by atoms with Crippen LogP contribution in [0.4, 0.5) is 11.4 Å². The monoisotopic (exact) mass is 460 g/mol. The van der Waals surface area contributed by atoms with E-state index in [0.29, 0.717) is 29.3 Å². The Labute approximate surface area is 199 Å². The third-order valence-electron chi connectivity index (χ3n) is 5.43. The molecule has 34 heavy (non-hydrogen) atoms. The zero-order valence-electron chi connectivity index (χ0n) is 19.7. The van der Waals surface area contributed by atoms with Crippen LogP contribution in [-0.2, 0) is 17.8 Å². The molecule has 0 unspecified atom stereocenters. The van der Waals surface area contributed by atoms with Crippen LogP contribution in [0.2, 0.25) is 0 Å². The molecule has 1 aliphatic heterocycles. The Kier molecular flexibility index (Phi) is 6.45. The average molecular weight is 461 g/mol. The highest BCUT2D eigenvalue weighted by atomic mass is 16.5. The van der Waals surface area contributed by atoms with Crippen molar-refractivity contribution in [3.05, 3.63) is 77.4 Å². The molecule has 0 saturated carbocycles. The lowest BCUT2D eigenvalue weighted by Crippen LogP contribution is -2.24. The fourth-order valence-corrected chi connectivity index (χ4v) is 3.90. The summed E-state index contributed by atoms with van der Waals surface area (Å²) in [6.07, 6.45) is 0.849. The maximum atomic E-state index is 12.8. The fraction of sp³-hybridized carbons (Fsp3) is 0.259. The van der Waals surface area contributed by atoms with Crippen molar-refractivity contribution in [3.8, 4) is 17.2 Å². The molecule has 176 valence electrons. The first-order valence-corrected chi connectivity index (χ1v) is 11.0. The number of hydrogen-bond donors (Lipinski definition) is 2. The van der Waals surface area contributed by atoms with Crippen LogP contribution >= 0.6 is 0 Å². The minimum Gasteiger partial charge on any atom is -0.495 e. The van der Waals surface area contributed by atoms with Crippen molar-refractivity contribution in [2.75, 3.05) is 17.7 Å². The summed E-state index contributed by atoms with van der Waals surface area (Å²) in [5.74, 6) is 1.53.